The Morgan fingerprint density at radius 3 is 2.77 bits per heavy atom. The van der Waals surface area contributed by atoms with Gasteiger partial charge in [0.05, 0.1) is 12.7 Å². The minimum absolute atomic E-state index is 0.0609. The van der Waals surface area contributed by atoms with Gasteiger partial charge in [0, 0.05) is 31.7 Å². The van der Waals surface area contributed by atoms with Crippen molar-refractivity contribution in [1.82, 2.24) is 15.3 Å². The molecular formula is C22H34N4O3S. The van der Waals surface area contributed by atoms with Crippen LogP contribution in [0.2, 0.25) is 0 Å². The van der Waals surface area contributed by atoms with Gasteiger partial charge in [-0.25, -0.2) is 9.97 Å². The number of carbonyl (C=O) groups excluding carboxylic acids is 2. The normalized spacial score (nSPS) is 20.1. The van der Waals surface area contributed by atoms with Crippen molar-refractivity contribution in [3.8, 4) is 0 Å². The largest absolute Gasteiger partial charge is 0.469 e. The second kappa shape index (κ2) is 11.5. The molecule has 0 aromatic carbocycles. The summed E-state index contributed by atoms with van der Waals surface area (Å²) >= 11 is 1.62. The van der Waals surface area contributed by atoms with E-state index < -0.39 is 0 Å². The zero-order valence-corrected chi connectivity index (χ0v) is 19.0. The van der Waals surface area contributed by atoms with Gasteiger partial charge in [-0.05, 0) is 43.8 Å². The molecule has 1 saturated carbocycles. The molecule has 1 aromatic heterocycles. The highest BCUT2D eigenvalue weighted by atomic mass is 32.2. The van der Waals surface area contributed by atoms with Gasteiger partial charge in [0.2, 0.25) is 5.95 Å². The van der Waals surface area contributed by atoms with Crippen LogP contribution in [0.15, 0.2) is 11.2 Å². The van der Waals surface area contributed by atoms with Crippen molar-refractivity contribution in [1.29, 1.82) is 0 Å². The first kappa shape index (κ1) is 22.8. The minimum Gasteiger partial charge on any atom is -0.469 e. The molecule has 0 bridgehead atoms. The average molecular weight is 435 g/mol. The summed E-state index contributed by atoms with van der Waals surface area (Å²) in [5.74, 6) is 1.57. The van der Waals surface area contributed by atoms with Crippen LogP contribution in [0.5, 0.6) is 0 Å². The molecule has 1 aliphatic heterocycles. The number of thioether (sulfide) groups is 1. The fourth-order valence-corrected chi connectivity index (χ4v) is 5.06. The molecule has 30 heavy (non-hydrogen) atoms. The maximum Gasteiger partial charge on any atom is 0.305 e. The van der Waals surface area contributed by atoms with Crippen molar-refractivity contribution in [2.75, 3.05) is 30.9 Å². The van der Waals surface area contributed by atoms with Crippen LogP contribution in [0, 0.1) is 5.92 Å². The van der Waals surface area contributed by atoms with Crippen LogP contribution in [-0.4, -0.2) is 53.8 Å². The minimum atomic E-state index is -0.170. The maximum absolute atomic E-state index is 12.9. The molecule has 0 radical (unpaired) electrons. The third-order valence-corrected chi connectivity index (χ3v) is 7.05. The highest BCUT2D eigenvalue weighted by molar-refractivity contribution is 7.99. The molecule has 1 aliphatic carbocycles. The molecule has 166 valence electrons. The van der Waals surface area contributed by atoms with Crippen LogP contribution in [0.1, 0.15) is 75.1 Å². The second-order valence-corrected chi connectivity index (χ2v) is 9.36. The van der Waals surface area contributed by atoms with Gasteiger partial charge in [-0.1, -0.05) is 26.2 Å². The monoisotopic (exact) mass is 434 g/mol. The van der Waals surface area contributed by atoms with Crippen LogP contribution in [-0.2, 0) is 9.53 Å². The molecule has 2 fully saturated rings. The van der Waals surface area contributed by atoms with E-state index in [2.05, 4.69) is 22.1 Å². The summed E-state index contributed by atoms with van der Waals surface area (Å²) in [6.45, 7) is 3.72. The molecule has 1 N–H and O–H groups in total. The number of rotatable bonds is 8. The molecule has 1 aromatic rings. The molecule has 2 heterocycles. The van der Waals surface area contributed by atoms with Gasteiger partial charge in [-0.15, -0.1) is 11.8 Å². The molecule has 2 aliphatic rings. The van der Waals surface area contributed by atoms with E-state index >= 15 is 0 Å². The number of carbonyl (C=O) groups is 2. The SMILES string of the molecule is CCCSc1nc(N2CCCC(CC(=O)OC)C2)ncc1C(=O)NC1CCCCC1. The standard InChI is InChI=1S/C22H34N4O3S/c1-3-12-30-21-18(20(28)24-17-9-5-4-6-10-17)14-23-22(25-21)26-11-7-8-16(15-26)13-19(27)29-2/h14,16-17H,3-13,15H2,1-2H3,(H,24,28). The lowest BCUT2D eigenvalue weighted by Crippen LogP contribution is -2.38. The third-order valence-electron chi connectivity index (χ3n) is 5.85. The lowest BCUT2D eigenvalue weighted by atomic mass is 9.95. The Hall–Kier alpha value is -1.83. The first-order chi connectivity index (χ1) is 14.6. The summed E-state index contributed by atoms with van der Waals surface area (Å²) in [6, 6.07) is 0.260. The highest BCUT2D eigenvalue weighted by Gasteiger charge is 2.26. The molecule has 1 saturated heterocycles. The summed E-state index contributed by atoms with van der Waals surface area (Å²) in [6.07, 6.45) is 10.8. The van der Waals surface area contributed by atoms with Crippen LogP contribution in [0.25, 0.3) is 0 Å². The first-order valence-electron chi connectivity index (χ1n) is 11.2. The van der Waals surface area contributed by atoms with Crippen molar-refractivity contribution < 1.29 is 14.3 Å². The summed E-state index contributed by atoms with van der Waals surface area (Å²) in [5.41, 5.74) is 0.575. The molecule has 7 nitrogen and oxygen atoms in total. The molecule has 1 atom stereocenters. The zero-order chi connectivity index (χ0) is 21.3. The highest BCUT2D eigenvalue weighted by Crippen LogP contribution is 2.27. The number of esters is 1. The fourth-order valence-electron chi connectivity index (χ4n) is 4.22. The molecule has 3 rings (SSSR count). The fraction of sp³-hybridized carbons (Fsp3) is 0.727. The van der Waals surface area contributed by atoms with Gasteiger partial charge in [0.15, 0.2) is 0 Å². The first-order valence-corrected chi connectivity index (χ1v) is 12.2. The Balaban J connectivity index is 1.72. The summed E-state index contributed by atoms with van der Waals surface area (Å²) in [5, 5.41) is 3.94. The van der Waals surface area contributed by atoms with E-state index in [1.165, 1.54) is 26.4 Å². The van der Waals surface area contributed by atoms with Crippen LogP contribution < -0.4 is 10.2 Å². The van der Waals surface area contributed by atoms with E-state index in [4.69, 9.17) is 9.72 Å². The van der Waals surface area contributed by atoms with Crippen LogP contribution in [0.3, 0.4) is 0 Å². The van der Waals surface area contributed by atoms with Crippen molar-refractivity contribution in [2.45, 2.75) is 75.8 Å². The number of aromatic nitrogens is 2. The van der Waals surface area contributed by atoms with Crippen molar-refractivity contribution >= 4 is 29.6 Å². The Bertz CT molecular complexity index is 724. The molecule has 1 amide bonds. The van der Waals surface area contributed by atoms with Crippen LogP contribution in [0.4, 0.5) is 5.95 Å². The Labute approximate surface area is 183 Å². The van der Waals surface area contributed by atoms with Gasteiger partial charge < -0.3 is 15.0 Å². The van der Waals surface area contributed by atoms with E-state index in [1.807, 2.05) is 0 Å². The molecule has 8 heteroatoms. The summed E-state index contributed by atoms with van der Waals surface area (Å²) in [4.78, 5) is 36.0. The smallest absolute Gasteiger partial charge is 0.305 e. The third kappa shape index (κ3) is 6.33. The zero-order valence-electron chi connectivity index (χ0n) is 18.2. The summed E-state index contributed by atoms with van der Waals surface area (Å²) < 4.78 is 4.83. The molecule has 1 unspecified atom stereocenters. The number of nitrogens with one attached hydrogen (secondary N) is 1. The van der Waals surface area contributed by atoms with Gasteiger partial charge >= 0.3 is 5.97 Å². The average Bonchev–Trinajstić information content (AvgIpc) is 2.78. The Morgan fingerprint density at radius 1 is 1.23 bits per heavy atom. The topological polar surface area (TPSA) is 84.4 Å². The number of ether oxygens (including phenoxy) is 1. The van der Waals surface area contributed by atoms with E-state index in [0.29, 0.717) is 17.9 Å². The Morgan fingerprint density at radius 2 is 2.03 bits per heavy atom. The lowest BCUT2D eigenvalue weighted by Gasteiger charge is -2.32. The number of nitrogens with zero attached hydrogens (tertiary/aromatic N) is 3. The Kier molecular flexibility index (Phi) is 8.78. The number of methoxy groups -OCH3 is 1. The number of piperidine rings is 1. The van der Waals surface area contributed by atoms with Gasteiger partial charge in [-0.3, -0.25) is 9.59 Å². The summed E-state index contributed by atoms with van der Waals surface area (Å²) in [7, 11) is 1.43. The number of hydrogen-bond acceptors (Lipinski definition) is 7. The second-order valence-electron chi connectivity index (χ2n) is 8.28. The predicted octanol–water partition coefficient (Wildman–Crippen LogP) is 3.82. The number of anilines is 1. The van der Waals surface area contributed by atoms with Gasteiger partial charge in [0.25, 0.3) is 5.91 Å². The van der Waals surface area contributed by atoms with Crippen molar-refractivity contribution in [3.63, 3.8) is 0 Å². The van der Waals surface area contributed by atoms with Crippen molar-refractivity contribution in [3.05, 3.63) is 11.8 Å². The van der Waals surface area contributed by atoms with Crippen LogP contribution >= 0.6 is 11.8 Å². The quantitative estimate of drug-likeness (QED) is 0.378. The van der Waals surface area contributed by atoms with Crippen molar-refractivity contribution in [2.24, 2.45) is 5.92 Å². The van der Waals surface area contributed by atoms with E-state index in [-0.39, 0.29) is 23.8 Å². The maximum atomic E-state index is 12.9. The predicted molar refractivity (Wildman–Crippen MR) is 119 cm³/mol. The molecule has 0 spiro atoms. The van der Waals surface area contributed by atoms with E-state index in [0.717, 1.165) is 56.0 Å². The molecular weight excluding hydrogens is 400 g/mol. The number of hydrogen-bond donors (Lipinski definition) is 1. The van der Waals surface area contributed by atoms with E-state index in [1.54, 1.807) is 18.0 Å². The van der Waals surface area contributed by atoms with E-state index in [9.17, 15) is 9.59 Å². The van der Waals surface area contributed by atoms with Gasteiger partial charge in [0.1, 0.15) is 5.03 Å². The van der Waals surface area contributed by atoms with Gasteiger partial charge in [-0.2, -0.15) is 0 Å². The number of amides is 1. The lowest BCUT2D eigenvalue weighted by molar-refractivity contribution is -0.141.